The molecule has 194 valence electrons. The number of hydrogen-bond acceptors (Lipinski definition) is 8. The van der Waals surface area contributed by atoms with Crippen LogP contribution in [-0.2, 0) is 0 Å². The van der Waals surface area contributed by atoms with Gasteiger partial charge in [0.1, 0.15) is 10.6 Å². The molecule has 0 aliphatic carbocycles. The first-order valence-electron chi connectivity index (χ1n) is 12.4. The summed E-state index contributed by atoms with van der Waals surface area (Å²) >= 11 is 1.22. The number of aromatic nitrogens is 3. The van der Waals surface area contributed by atoms with Crippen molar-refractivity contribution in [1.29, 1.82) is 0 Å². The summed E-state index contributed by atoms with van der Waals surface area (Å²) in [5.41, 5.74) is 10.6. The van der Waals surface area contributed by atoms with Crippen LogP contribution in [0.3, 0.4) is 0 Å². The quantitative estimate of drug-likeness (QED) is 0.167. The maximum Gasteiger partial charge on any atom is 0.320 e. The van der Waals surface area contributed by atoms with Crippen LogP contribution in [0, 0.1) is 0 Å². The normalized spacial score (nSPS) is 12.1. The van der Waals surface area contributed by atoms with E-state index in [0.29, 0.717) is 20.8 Å². The fraction of sp³-hybridized carbons (Fsp3) is 0.133. The Labute approximate surface area is 228 Å². The number of pyridine rings is 1. The Kier molecular flexibility index (Phi) is 6.20. The highest BCUT2D eigenvalue weighted by Gasteiger charge is 2.20. The Morgan fingerprint density at radius 1 is 1.05 bits per heavy atom. The third-order valence-electron chi connectivity index (χ3n) is 6.57. The second-order valence-electron chi connectivity index (χ2n) is 9.37. The maximum atomic E-state index is 13.3. The van der Waals surface area contributed by atoms with Crippen molar-refractivity contribution in [2.45, 2.75) is 19.9 Å². The van der Waals surface area contributed by atoms with Crippen LogP contribution in [0.2, 0.25) is 0 Å². The number of benzene rings is 3. The van der Waals surface area contributed by atoms with E-state index in [1.54, 1.807) is 18.0 Å². The predicted molar refractivity (Wildman–Crippen MR) is 152 cm³/mol. The standard InChI is InChI=1S/C30H25N5O3S/c1-17(2)35-16-25(38-34-35)33-29(36)28-27(31)26-23(19-11-13-20(37-3)14-12-19)15-24(32-30(26)39-28)22-10-6-8-18-7-4-5-9-21(18)22/h4-17H,1-3H3,(H2-,31,33,34,36). The van der Waals surface area contributed by atoms with Gasteiger partial charge in [-0.15, -0.1) is 11.3 Å². The summed E-state index contributed by atoms with van der Waals surface area (Å²) in [5, 5.41) is 20.1. The average molecular weight is 536 g/mol. The number of thiophene rings is 1. The minimum absolute atomic E-state index is 0.0749. The minimum atomic E-state index is -0.505. The first-order chi connectivity index (χ1) is 18.9. The molecule has 0 bridgehead atoms. The molecular formula is C30H25N5O3S. The Balaban J connectivity index is 1.57. The van der Waals surface area contributed by atoms with E-state index in [9.17, 15) is 5.11 Å². The summed E-state index contributed by atoms with van der Waals surface area (Å²) in [6.07, 6.45) is 1.59. The molecule has 0 saturated carbocycles. The van der Waals surface area contributed by atoms with Crippen molar-refractivity contribution in [3.05, 3.63) is 83.9 Å². The summed E-state index contributed by atoms with van der Waals surface area (Å²) in [7, 11) is 1.63. The minimum Gasteiger partial charge on any atom is -0.857 e. The van der Waals surface area contributed by atoms with E-state index in [1.165, 1.54) is 11.3 Å². The van der Waals surface area contributed by atoms with Crippen LogP contribution in [0.1, 0.15) is 24.8 Å². The number of aliphatic imine (C=N–C) groups is 1. The van der Waals surface area contributed by atoms with E-state index in [1.807, 2.05) is 62.4 Å². The lowest BCUT2D eigenvalue weighted by molar-refractivity contribution is -0.779. The van der Waals surface area contributed by atoms with Crippen LogP contribution in [0.15, 0.2) is 88.5 Å². The highest BCUT2D eigenvalue weighted by Crippen LogP contribution is 2.42. The molecule has 9 heteroatoms. The van der Waals surface area contributed by atoms with Gasteiger partial charge in [-0.3, -0.25) is 4.52 Å². The Morgan fingerprint density at radius 2 is 1.82 bits per heavy atom. The molecule has 2 N–H and O–H groups in total. The first-order valence-corrected chi connectivity index (χ1v) is 13.2. The monoisotopic (exact) mass is 535 g/mol. The van der Waals surface area contributed by atoms with Gasteiger partial charge in [0.2, 0.25) is 5.27 Å². The number of nitrogen functional groups attached to an aromatic ring is 1. The third-order valence-corrected chi connectivity index (χ3v) is 7.66. The largest absolute Gasteiger partial charge is 0.857 e. The van der Waals surface area contributed by atoms with Crippen molar-refractivity contribution in [2.24, 2.45) is 4.99 Å². The summed E-state index contributed by atoms with van der Waals surface area (Å²) in [4.78, 5) is 10.1. The van der Waals surface area contributed by atoms with Gasteiger partial charge in [0.15, 0.2) is 6.04 Å². The predicted octanol–water partition coefficient (Wildman–Crippen LogP) is 5.67. The molecule has 3 aromatic carbocycles. The number of nitrogens with two attached hydrogens (primary N) is 1. The molecule has 3 heterocycles. The molecule has 0 unspecified atom stereocenters. The number of fused-ring (bicyclic) bond motifs is 2. The summed E-state index contributed by atoms with van der Waals surface area (Å²) in [6, 6.07) is 24.2. The number of methoxy groups -OCH3 is 1. The number of hydrogen-bond donors (Lipinski definition) is 1. The van der Waals surface area contributed by atoms with E-state index < -0.39 is 5.90 Å². The second-order valence-corrected chi connectivity index (χ2v) is 10.4. The fourth-order valence-electron chi connectivity index (χ4n) is 4.56. The zero-order chi connectivity index (χ0) is 27.1. The van der Waals surface area contributed by atoms with E-state index in [-0.39, 0.29) is 11.9 Å². The number of rotatable bonds is 6. The van der Waals surface area contributed by atoms with E-state index in [0.717, 1.165) is 38.9 Å². The van der Waals surface area contributed by atoms with Gasteiger partial charge in [0, 0.05) is 16.8 Å². The van der Waals surface area contributed by atoms with Crippen LogP contribution < -0.4 is 20.3 Å². The number of nitrogens with zero attached hydrogens (tertiary/aromatic N) is 4. The molecule has 39 heavy (non-hydrogen) atoms. The van der Waals surface area contributed by atoms with Gasteiger partial charge in [-0.05, 0) is 58.6 Å². The van der Waals surface area contributed by atoms with Gasteiger partial charge in [-0.25, -0.2) is 9.98 Å². The zero-order valence-electron chi connectivity index (χ0n) is 21.6. The Hall–Kier alpha value is -4.76. The average Bonchev–Trinajstić information content (AvgIpc) is 3.57. The van der Waals surface area contributed by atoms with Gasteiger partial charge in [-0.2, -0.15) is 0 Å². The van der Waals surface area contributed by atoms with E-state index in [2.05, 4.69) is 34.5 Å². The van der Waals surface area contributed by atoms with Crippen molar-refractivity contribution in [1.82, 2.24) is 10.3 Å². The van der Waals surface area contributed by atoms with Gasteiger partial charge >= 0.3 is 5.88 Å². The second kappa shape index (κ2) is 9.85. The van der Waals surface area contributed by atoms with Crippen molar-refractivity contribution < 1.29 is 19.0 Å². The van der Waals surface area contributed by atoms with Crippen molar-refractivity contribution in [3.63, 3.8) is 0 Å². The number of ether oxygens (including phenoxy) is 1. The SMILES string of the molecule is COc1ccc(-c2cc(-c3cccc4ccccc34)nc3sc(/C([O-])=N/c4c[n+](C(C)C)no4)c(N)c23)cc1. The van der Waals surface area contributed by atoms with Crippen LogP contribution in [0.25, 0.3) is 43.4 Å². The summed E-state index contributed by atoms with van der Waals surface area (Å²) < 4.78 is 12.2. The van der Waals surface area contributed by atoms with Crippen LogP contribution >= 0.6 is 11.3 Å². The maximum absolute atomic E-state index is 13.3. The van der Waals surface area contributed by atoms with Crippen LogP contribution in [0.4, 0.5) is 11.6 Å². The molecule has 6 aromatic rings. The molecule has 6 rings (SSSR count). The molecule has 0 atom stereocenters. The van der Waals surface area contributed by atoms with Gasteiger partial charge in [-0.1, -0.05) is 54.6 Å². The highest BCUT2D eigenvalue weighted by molar-refractivity contribution is 7.21. The van der Waals surface area contributed by atoms with Crippen molar-refractivity contribution >= 4 is 49.8 Å². The molecule has 0 amide bonds. The lowest BCUT2D eigenvalue weighted by atomic mass is 9.97. The smallest absolute Gasteiger partial charge is 0.320 e. The lowest BCUT2D eigenvalue weighted by Crippen LogP contribution is -2.36. The van der Waals surface area contributed by atoms with Crippen molar-refractivity contribution in [3.8, 4) is 28.1 Å². The summed E-state index contributed by atoms with van der Waals surface area (Å²) in [6.45, 7) is 3.91. The molecular weight excluding hydrogens is 510 g/mol. The van der Waals surface area contributed by atoms with Gasteiger partial charge in [0.05, 0.1) is 23.4 Å². The van der Waals surface area contributed by atoms with Crippen LogP contribution in [-0.4, -0.2) is 23.3 Å². The highest BCUT2D eigenvalue weighted by atomic mass is 32.1. The van der Waals surface area contributed by atoms with E-state index in [4.69, 9.17) is 20.0 Å². The molecule has 8 nitrogen and oxygen atoms in total. The molecule has 0 fully saturated rings. The van der Waals surface area contributed by atoms with Crippen molar-refractivity contribution in [2.75, 3.05) is 12.8 Å². The Morgan fingerprint density at radius 3 is 2.56 bits per heavy atom. The fourth-order valence-corrected chi connectivity index (χ4v) is 5.56. The van der Waals surface area contributed by atoms with Crippen LogP contribution in [0.5, 0.6) is 5.75 Å². The summed E-state index contributed by atoms with van der Waals surface area (Å²) in [5.74, 6) is 0.359. The molecule has 0 saturated heterocycles. The molecule has 0 aliphatic heterocycles. The molecule has 0 spiro atoms. The van der Waals surface area contributed by atoms with E-state index >= 15 is 0 Å². The van der Waals surface area contributed by atoms with Gasteiger partial charge < -0.3 is 15.6 Å². The first kappa shape index (κ1) is 24.6. The lowest BCUT2D eigenvalue weighted by Gasteiger charge is -2.11. The molecule has 0 radical (unpaired) electrons. The molecule has 3 aromatic heterocycles. The number of anilines is 1. The topological polar surface area (TPSA) is 113 Å². The Bertz CT molecular complexity index is 1850. The van der Waals surface area contributed by atoms with Gasteiger partial charge in [0.25, 0.3) is 6.20 Å². The third kappa shape index (κ3) is 4.46. The molecule has 0 aliphatic rings. The zero-order valence-corrected chi connectivity index (χ0v) is 22.4.